The first-order valence-corrected chi connectivity index (χ1v) is 7.98. The predicted molar refractivity (Wildman–Crippen MR) is 99.6 cm³/mol. The number of carbonyl (C=O) groups is 1. The SMILES string of the molecule is CC(C)(C)OC(=O)N1CCC[C@@H](N)C1.Cl.Cl.N[C@@H]1CCCNC1. The van der Waals surface area contributed by atoms with Crippen molar-refractivity contribution in [3.05, 3.63) is 0 Å². The number of nitrogens with zero attached hydrogens (tertiary/aromatic N) is 1. The van der Waals surface area contributed by atoms with E-state index in [2.05, 4.69) is 5.32 Å². The van der Waals surface area contributed by atoms with Gasteiger partial charge in [0.25, 0.3) is 0 Å². The fourth-order valence-corrected chi connectivity index (χ4v) is 2.38. The van der Waals surface area contributed by atoms with E-state index in [1.54, 1.807) is 4.90 Å². The lowest BCUT2D eigenvalue weighted by Crippen LogP contribution is -2.47. The summed E-state index contributed by atoms with van der Waals surface area (Å²) in [4.78, 5) is 13.3. The molecule has 0 aromatic heterocycles. The van der Waals surface area contributed by atoms with Gasteiger partial charge in [0.15, 0.2) is 0 Å². The minimum absolute atomic E-state index is 0. The molecule has 0 aromatic carbocycles. The van der Waals surface area contributed by atoms with E-state index in [-0.39, 0.29) is 36.9 Å². The van der Waals surface area contributed by atoms with Crippen molar-refractivity contribution in [1.29, 1.82) is 0 Å². The average Bonchev–Trinajstić information content (AvgIpc) is 2.38. The van der Waals surface area contributed by atoms with Gasteiger partial charge >= 0.3 is 6.09 Å². The molecule has 0 saturated carbocycles. The van der Waals surface area contributed by atoms with E-state index in [1.807, 2.05) is 20.8 Å². The highest BCUT2D eigenvalue weighted by Gasteiger charge is 2.25. The Bertz CT molecular complexity index is 321. The smallest absolute Gasteiger partial charge is 0.410 e. The lowest BCUT2D eigenvalue weighted by Gasteiger charge is -2.32. The van der Waals surface area contributed by atoms with Gasteiger partial charge in [-0.05, 0) is 53.0 Å². The zero-order chi connectivity index (χ0) is 15.9. The Kier molecular flexibility index (Phi) is 13.2. The first-order chi connectivity index (χ1) is 9.78. The summed E-state index contributed by atoms with van der Waals surface area (Å²) >= 11 is 0. The molecule has 0 radical (unpaired) electrons. The van der Waals surface area contributed by atoms with Gasteiger partial charge < -0.3 is 26.4 Å². The van der Waals surface area contributed by atoms with Crippen molar-refractivity contribution >= 4 is 30.9 Å². The van der Waals surface area contributed by atoms with Crippen LogP contribution in [-0.4, -0.2) is 54.9 Å². The van der Waals surface area contributed by atoms with Gasteiger partial charge in [-0.1, -0.05) is 0 Å². The summed E-state index contributed by atoms with van der Waals surface area (Å²) in [6, 6.07) is 0.532. The van der Waals surface area contributed by atoms with Crippen molar-refractivity contribution in [2.75, 3.05) is 26.2 Å². The molecule has 5 N–H and O–H groups in total. The number of nitrogens with one attached hydrogen (secondary N) is 1. The number of amides is 1. The van der Waals surface area contributed by atoms with Crippen LogP contribution in [0.5, 0.6) is 0 Å². The van der Waals surface area contributed by atoms with E-state index in [0.717, 1.165) is 32.5 Å². The van der Waals surface area contributed by atoms with Crippen molar-refractivity contribution in [2.45, 2.75) is 64.1 Å². The number of halogens is 2. The third kappa shape index (κ3) is 11.8. The normalized spacial score (nSPS) is 24.3. The Morgan fingerprint density at radius 1 is 1.13 bits per heavy atom. The molecule has 0 spiro atoms. The largest absolute Gasteiger partial charge is 0.444 e. The maximum Gasteiger partial charge on any atom is 0.410 e. The van der Waals surface area contributed by atoms with Crippen LogP contribution in [0.3, 0.4) is 0 Å². The van der Waals surface area contributed by atoms with Crippen LogP contribution in [-0.2, 0) is 4.74 Å². The summed E-state index contributed by atoms with van der Waals surface area (Å²) in [7, 11) is 0. The highest BCUT2D eigenvalue weighted by atomic mass is 35.5. The summed E-state index contributed by atoms with van der Waals surface area (Å²) in [5.74, 6) is 0. The lowest BCUT2D eigenvalue weighted by atomic mass is 10.1. The number of ether oxygens (including phenoxy) is 1. The van der Waals surface area contributed by atoms with Gasteiger partial charge in [0.1, 0.15) is 5.60 Å². The van der Waals surface area contributed by atoms with Crippen LogP contribution in [0.2, 0.25) is 0 Å². The summed E-state index contributed by atoms with van der Waals surface area (Å²) in [5, 5.41) is 3.21. The maximum atomic E-state index is 11.6. The third-order valence-corrected chi connectivity index (χ3v) is 3.44. The molecule has 0 bridgehead atoms. The Hall–Kier alpha value is -0.270. The molecule has 0 aromatic rings. The van der Waals surface area contributed by atoms with Crippen LogP contribution < -0.4 is 16.8 Å². The van der Waals surface area contributed by atoms with Crippen molar-refractivity contribution in [2.24, 2.45) is 11.5 Å². The molecule has 2 saturated heterocycles. The van der Waals surface area contributed by atoms with Crippen molar-refractivity contribution in [3.63, 3.8) is 0 Å². The molecule has 2 aliphatic rings. The fourth-order valence-electron chi connectivity index (χ4n) is 2.38. The minimum Gasteiger partial charge on any atom is -0.444 e. The van der Waals surface area contributed by atoms with Gasteiger partial charge in [-0.2, -0.15) is 0 Å². The molecule has 140 valence electrons. The number of piperidine rings is 2. The van der Waals surface area contributed by atoms with Crippen LogP contribution in [0.1, 0.15) is 46.5 Å². The highest BCUT2D eigenvalue weighted by Crippen LogP contribution is 2.14. The quantitative estimate of drug-likeness (QED) is 0.603. The van der Waals surface area contributed by atoms with Crippen LogP contribution in [0.25, 0.3) is 0 Å². The second-order valence-corrected chi connectivity index (χ2v) is 6.94. The number of hydrogen-bond acceptors (Lipinski definition) is 5. The molecule has 2 fully saturated rings. The van der Waals surface area contributed by atoms with E-state index < -0.39 is 5.60 Å². The van der Waals surface area contributed by atoms with Gasteiger partial charge in [0.05, 0.1) is 0 Å². The molecule has 2 rings (SSSR count). The predicted octanol–water partition coefficient (Wildman–Crippen LogP) is 1.89. The van der Waals surface area contributed by atoms with Crippen molar-refractivity contribution in [1.82, 2.24) is 10.2 Å². The fraction of sp³-hybridized carbons (Fsp3) is 0.933. The Labute approximate surface area is 152 Å². The topological polar surface area (TPSA) is 93.6 Å². The van der Waals surface area contributed by atoms with E-state index >= 15 is 0 Å². The summed E-state index contributed by atoms with van der Waals surface area (Å²) in [6.07, 6.45) is 4.18. The Morgan fingerprint density at radius 3 is 2.13 bits per heavy atom. The monoisotopic (exact) mass is 372 g/mol. The molecule has 2 atom stereocenters. The van der Waals surface area contributed by atoms with Gasteiger partial charge in [-0.15, -0.1) is 24.8 Å². The lowest BCUT2D eigenvalue weighted by molar-refractivity contribution is 0.0200. The van der Waals surface area contributed by atoms with E-state index in [9.17, 15) is 4.79 Å². The maximum absolute atomic E-state index is 11.6. The first-order valence-electron chi connectivity index (χ1n) is 7.98. The Balaban J connectivity index is 0. The summed E-state index contributed by atoms with van der Waals surface area (Å²) in [5.41, 5.74) is 10.9. The molecular weight excluding hydrogens is 339 g/mol. The average molecular weight is 373 g/mol. The minimum atomic E-state index is -0.418. The van der Waals surface area contributed by atoms with Crippen LogP contribution in [0, 0.1) is 0 Å². The molecule has 8 heteroatoms. The molecule has 6 nitrogen and oxygen atoms in total. The summed E-state index contributed by atoms with van der Waals surface area (Å²) in [6.45, 7) is 9.17. The molecular formula is C15H34Cl2N4O2. The van der Waals surface area contributed by atoms with Gasteiger partial charge in [0.2, 0.25) is 0 Å². The zero-order valence-electron chi connectivity index (χ0n) is 14.5. The zero-order valence-corrected chi connectivity index (χ0v) is 16.2. The van der Waals surface area contributed by atoms with E-state index in [0.29, 0.717) is 12.6 Å². The standard InChI is InChI=1S/C10H20N2O2.C5H12N2.2ClH/c1-10(2,3)14-9(13)12-6-4-5-8(11)7-12;6-5-2-1-3-7-4-5;;/h8H,4-7,11H2,1-3H3;5,7H,1-4,6H2;2*1H/t8-;5-;;/m11../s1. The third-order valence-electron chi connectivity index (χ3n) is 3.44. The second kappa shape index (κ2) is 12.1. The number of nitrogens with two attached hydrogens (primary N) is 2. The second-order valence-electron chi connectivity index (χ2n) is 6.94. The molecule has 0 aliphatic carbocycles. The number of carbonyl (C=O) groups excluding carboxylic acids is 1. The van der Waals surface area contributed by atoms with E-state index in [1.165, 1.54) is 12.8 Å². The molecule has 0 unspecified atom stereocenters. The number of likely N-dealkylation sites (tertiary alicyclic amines) is 1. The number of hydrogen-bond donors (Lipinski definition) is 3. The van der Waals surface area contributed by atoms with Gasteiger partial charge in [-0.25, -0.2) is 4.79 Å². The van der Waals surface area contributed by atoms with Crippen LogP contribution in [0.4, 0.5) is 4.79 Å². The first kappa shape index (κ1) is 25.0. The van der Waals surface area contributed by atoms with Gasteiger partial charge in [0, 0.05) is 31.7 Å². The van der Waals surface area contributed by atoms with Crippen molar-refractivity contribution in [3.8, 4) is 0 Å². The highest BCUT2D eigenvalue weighted by molar-refractivity contribution is 5.85. The molecule has 23 heavy (non-hydrogen) atoms. The van der Waals surface area contributed by atoms with Crippen LogP contribution in [0.15, 0.2) is 0 Å². The number of rotatable bonds is 0. The Morgan fingerprint density at radius 2 is 1.74 bits per heavy atom. The van der Waals surface area contributed by atoms with Gasteiger partial charge in [-0.3, -0.25) is 0 Å². The molecule has 2 heterocycles. The van der Waals surface area contributed by atoms with E-state index in [4.69, 9.17) is 16.2 Å². The molecule has 1 amide bonds. The molecule has 2 aliphatic heterocycles. The summed E-state index contributed by atoms with van der Waals surface area (Å²) < 4.78 is 5.26. The van der Waals surface area contributed by atoms with Crippen LogP contribution >= 0.6 is 24.8 Å². The van der Waals surface area contributed by atoms with Crippen molar-refractivity contribution < 1.29 is 9.53 Å².